The van der Waals surface area contributed by atoms with E-state index in [0.29, 0.717) is 0 Å². The predicted molar refractivity (Wildman–Crippen MR) is 300 cm³/mol. The van der Waals surface area contributed by atoms with E-state index in [1.54, 1.807) is 0 Å². The van der Waals surface area contributed by atoms with Gasteiger partial charge in [-0.1, -0.05) is 146 Å². The first-order valence-corrected chi connectivity index (χ1v) is 25.2. The second-order valence-electron chi connectivity index (χ2n) is 19.5. The first-order valence-electron chi connectivity index (χ1n) is 25.2. The standard InChI is InChI=1S/C66H49N5/c1-43-49-25-5-11-31-57(49)67(40-39-55-53-29-9-14-34-60(53)70(65(43)55)44-19-3-2-4-20-44)45-21-17-24-48(41-45)71-61-35-15-8-28-52(61)54-37-38-63-64(66(54)71)56-30-10-16-36-62(56)69(63)47-23-18-22-46(42-47)68-58-32-12-6-26-50(58)51-27-7-13-33-59(51)68/h3,5-13,15-33,35-41,47H,1-2,4,14,34,42H2/b40-39-. The fourth-order valence-electron chi connectivity index (χ4n) is 12.7. The van der Waals surface area contributed by atoms with Crippen molar-refractivity contribution in [2.45, 2.75) is 38.1 Å². The van der Waals surface area contributed by atoms with Gasteiger partial charge >= 0.3 is 0 Å². The average Bonchev–Trinajstić information content (AvgIpc) is 4.16. The lowest BCUT2D eigenvalue weighted by atomic mass is 9.94. The molecule has 0 fully saturated rings. The Bertz CT molecular complexity index is 4240. The molecule has 0 bridgehead atoms. The molecule has 0 saturated carbocycles. The number of para-hydroxylation sites is 5. The minimum absolute atomic E-state index is 0.0963. The fourth-order valence-corrected chi connectivity index (χ4v) is 12.7. The summed E-state index contributed by atoms with van der Waals surface area (Å²) in [4.78, 5) is 2.37. The molecule has 1 unspecified atom stereocenters. The molecule has 0 amide bonds. The minimum Gasteiger partial charge on any atom is -0.333 e. The molecule has 1 aliphatic heterocycles. The zero-order chi connectivity index (χ0) is 46.7. The van der Waals surface area contributed by atoms with Crippen LogP contribution in [0.3, 0.4) is 0 Å². The van der Waals surface area contributed by atoms with Gasteiger partial charge in [0.05, 0.1) is 45.0 Å². The predicted octanol–water partition coefficient (Wildman–Crippen LogP) is 17.2. The molecule has 0 radical (unpaired) electrons. The lowest BCUT2D eigenvalue weighted by Crippen LogP contribution is -2.14. The largest absolute Gasteiger partial charge is 0.333 e. The highest BCUT2D eigenvalue weighted by Crippen LogP contribution is 2.47. The van der Waals surface area contributed by atoms with Gasteiger partial charge in [-0.25, -0.2) is 0 Å². The average molecular weight is 912 g/mol. The molecule has 4 aromatic heterocycles. The number of hydrogen-bond donors (Lipinski definition) is 0. The molecule has 15 rings (SSSR count). The Hall–Kier alpha value is -8.80. The van der Waals surface area contributed by atoms with Gasteiger partial charge in [-0.15, -0.1) is 0 Å². The molecule has 0 spiro atoms. The van der Waals surface area contributed by atoms with Crippen molar-refractivity contribution in [3.8, 4) is 5.69 Å². The second kappa shape index (κ2) is 15.6. The first kappa shape index (κ1) is 40.1. The molecule has 4 aliphatic rings. The molecular formula is C66H49N5. The van der Waals surface area contributed by atoms with E-state index in [4.69, 9.17) is 6.58 Å². The van der Waals surface area contributed by atoms with Crippen LogP contribution in [-0.2, 0) is 6.42 Å². The van der Waals surface area contributed by atoms with Crippen LogP contribution in [0.15, 0.2) is 213 Å². The maximum Gasteiger partial charge on any atom is 0.0641 e. The van der Waals surface area contributed by atoms with Gasteiger partial charge in [0.15, 0.2) is 0 Å². The van der Waals surface area contributed by atoms with Gasteiger partial charge in [-0.2, -0.15) is 0 Å². The summed E-state index contributed by atoms with van der Waals surface area (Å²) >= 11 is 0. The minimum atomic E-state index is 0.0963. The second-order valence-corrected chi connectivity index (χ2v) is 19.5. The molecule has 11 aromatic rings. The van der Waals surface area contributed by atoms with E-state index >= 15 is 0 Å². The monoisotopic (exact) mass is 911 g/mol. The quantitative estimate of drug-likeness (QED) is 0.169. The molecule has 5 nitrogen and oxygen atoms in total. The van der Waals surface area contributed by atoms with Crippen molar-refractivity contribution < 1.29 is 0 Å². The third-order valence-corrected chi connectivity index (χ3v) is 15.7. The van der Waals surface area contributed by atoms with Crippen LogP contribution in [0.2, 0.25) is 0 Å². The summed E-state index contributed by atoms with van der Waals surface area (Å²) in [6.45, 7) is 4.91. The molecule has 7 aromatic carbocycles. The Kier molecular flexibility index (Phi) is 8.82. The molecule has 1 atom stereocenters. The van der Waals surface area contributed by atoms with Gasteiger partial charge in [-0.05, 0) is 98.5 Å². The zero-order valence-corrected chi connectivity index (χ0v) is 39.3. The Morgan fingerprint density at radius 1 is 0.521 bits per heavy atom. The number of aromatic nitrogens is 4. The zero-order valence-electron chi connectivity index (χ0n) is 39.3. The Balaban J connectivity index is 0.907. The number of fused-ring (bicyclic) bond motifs is 14. The van der Waals surface area contributed by atoms with Crippen LogP contribution in [0.25, 0.3) is 100 Å². The van der Waals surface area contributed by atoms with E-state index in [1.165, 1.54) is 99.3 Å². The number of allylic oxidation sites excluding steroid dienone is 9. The van der Waals surface area contributed by atoms with E-state index in [2.05, 4.69) is 242 Å². The third-order valence-electron chi connectivity index (χ3n) is 15.7. The van der Waals surface area contributed by atoms with Gasteiger partial charge in [0.1, 0.15) is 0 Å². The van der Waals surface area contributed by atoms with E-state index < -0.39 is 0 Å². The number of anilines is 2. The van der Waals surface area contributed by atoms with E-state index in [1.807, 2.05) is 0 Å². The third kappa shape index (κ3) is 5.87. The fraction of sp³-hybridized carbons (Fsp3) is 0.0909. The van der Waals surface area contributed by atoms with Gasteiger partial charge in [-0.3, -0.25) is 0 Å². The van der Waals surface area contributed by atoms with Crippen LogP contribution in [0, 0.1) is 0 Å². The maximum atomic E-state index is 4.91. The smallest absolute Gasteiger partial charge is 0.0641 e. The summed E-state index contributed by atoms with van der Waals surface area (Å²) in [5, 5.41) is 7.59. The van der Waals surface area contributed by atoms with E-state index in [9.17, 15) is 0 Å². The Labute approximate surface area is 412 Å². The number of hydrogen-bond acceptors (Lipinski definition) is 1. The number of rotatable bonds is 5. The summed E-state index contributed by atoms with van der Waals surface area (Å²) < 4.78 is 10.1. The molecular weight excluding hydrogens is 863 g/mol. The lowest BCUT2D eigenvalue weighted by molar-refractivity contribution is 0.646. The SMILES string of the molecule is C=C1c2ccccc2N(c2cccc(-n3c4ccccc4c4ccc5c(c6ccccc6n5C5C=CC=C(n6c7ccccc7c7ccccc76)C5)c43)c2)/C=C\c2c3c(n(C4=CCCC=C4)c21)CCC=C3. The van der Waals surface area contributed by atoms with E-state index in [-0.39, 0.29) is 6.04 Å². The number of benzene rings is 7. The van der Waals surface area contributed by atoms with Crippen molar-refractivity contribution in [2.24, 2.45) is 0 Å². The highest BCUT2D eigenvalue weighted by Gasteiger charge is 2.30. The van der Waals surface area contributed by atoms with Crippen molar-refractivity contribution in [2.75, 3.05) is 4.90 Å². The van der Waals surface area contributed by atoms with Crippen LogP contribution >= 0.6 is 0 Å². The molecule has 0 N–H and O–H groups in total. The summed E-state index contributed by atoms with van der Waals surface area (Å²) in [5.74, 6) is 0. The van der Waals surface area contributed by atoms with Gasteiger partial charge in [0, 0.05) is 101 Å². The highest BCUT2D eigenvalue weighted by atomic mass is 15.1. The Morgan fingerprint density at radius 2 is 1.21 bits per heavy atom. The van der Waals surface area contributed by atoms with Gasteiger partial charge in [0.2, 0.25) is 0 Å². The Morgan fingerprint density at radius 3 is 2.00 bits per heavy atom. The number of nitrogens with zero attached hydrogens (tertiary/aromatic N) is 5. The summed E-state index contributed by atoms with van der Waals surface area (Å²) in [5.41, 5.74) is 20.5. The normalized spacial score (nSPS) is 17.0. The van der Waals surface area contributed by atoms with Crippen LogP contribution in [-0.4, -0.2) is 18.3 Å². The summed E-state index contributed by atoms with van der Waals surface area (Å²) in [6.07, 6.45) is 28.3. The summed E-state index contributed by atoms with van der Waals surface area (Å²) in [7, 11) is 0. The van der Waals surface area contributed by atoms with Crippen LogP contribution < -0.4 is 4.90 Å². The van der Waals surface area contributed by atoms with Crippen molar-refractivity contribution in [3.05, 3.63) is 241 Å². The molecule has 5 heterocycles. The topological polar surface area (TPSA) is 23.0 Å². The van der Waals surface area contributed by atoms with Gasteiger partial charge < -0.3 is 23.2 Å². The van der Waals surface area contributed by atoms with Crippen LogP contribution in [0.4, 0.5) is 11.4 Å². The van der Waals surface area contributed by atoms with E-state index in [0.717, 1.165) is 60.3 Å². The van der Waals surface area contributed by atoms with Gasteiger partial charge in [0.25, 0.3) is 0 Å². The first-order chi connectivity index (χ1) is 35.2. The van der Waals surface area contributed by atoms with Crippen molar-refractivity contribution >= 4 is 106 Å². The van der Waals surface area contributed by atoms with Crippen molar-refractivity contribution in [1.82, 2.24) is 18.3 Å². The highest BCUT2D eigenvalue weighted by molar-refractivity contribution is 6.26. The molecule has 5 heteroatoms. The molecule has 71 heavy (non-hydrogen) atoms. The van der Waals surface area contributed by atoms with Crippen molar-refractivity contribution in [3.63, 3.8) is 0 Å². The lowest BCUT2D eigenvalue weighted by Gasteiger charge is -2.28. The summed E-state index contributed by atoms with van der Waals surface area (Å²) in [6, 6.07) is 58.4. The van der Waals surface area contributed by atoms with Crippen LogP contribution in [0.5, 0.6) is 0 Å². The molecule has 3 aliphatic carbocycles. The molecule has 0 saturated heterocycles. The maximum absolute atomic E-state index is 4.91. The molecule has 338 valence electrons. The van der Waals surface area contributed by atoms with Crippen LogP contribution in [0.1, 0.15) is 59.8 Å². The van der Waals surface area contributed by atoms with Crippen molar-refractivity contribution in [1.29, 1.82) is 0 Å².